The average molecular weight is 327 g/mol. The van der Waals surface area contributed by atoms with Crippen LogP contribution >= 0.6 is 11.6 Å². The van der Waals surface area contributed by atoms with E-state index >= 15 is 0 Å². The SMILES string of the molecule is CC(C)CC(C)(CN)NC(=O)C1CC1c1c(F)cccc1Cl. The number of hydrogen-bond donors (Lipinski definition) is 2. The standard InChI is InChI=1S/C17H24ClFN2O/c1-10(2)8-17(3,9-20)21-16(22)12-7-11(12)15-13(18)5-4-6-14(15)19/h4-6,10-12H,7-9,20H2,1-3H3,(H,21,22). The summed E-state index contributed by atoms with van der Waals surface area (Å²) in [5.74, 6) is -0.304. The molecule has 5 heteroatoms. The topological polar surface area (TPSA) is 55.1 Å². The van der Waals surface area contributed by atoms with Crippen molar-refractivity contribution in [3.05, 3.63) is 34.6 Å². The molecule has 1 amide bonds. The van der Waals surface area contributed by atoms with Crippen molar-refractivity contribution in [2.24, 2.45) is 17.6 Å². The maximum atomic E-state index is 13.9. The van der Waals surface area contributed by atoms with Crippen molar-refractivity contribution in [1.82, 2.24) is 5.32 Å². The Kier molecular flexibility index (Phi) is 5.13. The lowest BCUT2D eigenvalue weighted by atomic mass is 9.90. The van der Waals surface area contributed by atoms with Gasteiger partial charge in [-0.2, -0.15) is 0 Å². The summed E-state index contributed by atoms with van der Waals surface area (Å²) < 4.78 is 13.9. The molecule has 1 aliphatic rings. The minimum atomic E-state index is -0.419. The molecule has 0 aliphatic heterocycles. The van der Waals surface area contributed by atoms with Crippen molar-refractivity contribution < 1.29 is 9.18 Å². The van der Waals surface area contributed by atoms with Gasteiger partial charge in [0.05, 0.1) is 0 Å². The van der Waals surface area contributed by atoms with E-state index in [-0.39, 0.29) is 23.6 Å². The minimum Gasteiger partial charge on any atom is -0.349 e. The molecule has 1 aromatic rings. The van der Waals surface area contributed by atoms with Crippen molar-refractivity contribution in [2.75, 3.05) is 6.54 Å². The van der Waals surface area contributed by atoms with Crippen LogP contribution in [0.4, 0.5) is 4.39 Å². The van der Waals surface area contributed by atoms with Gasteiger partial charge in [0.1, 0.15) is 5.82 Å². The van der Waals surface area contributed by atoms with Crippen LogP contribution in [0.2, 0.25) is 5.02 Å². The summed E-state index contributed by atoms with van der Waals surface area (Å²) >= 11 is 6.07. The third kappa shape index (κ3) is 3.79. The molecule has 0 radical (unpaired) electrons. The zero-order chi connectivity index (χ0) is 16.5. The lowest BCUT2D eigenvalue weighted by molar-refractivity contribution is -0.124. The van der Waals surface area contributed by atoms with E-state index in [1.165, 1.54) is 6.07 Å². The van der Waals surface area contributed by atoms with Crippen LogP contribution in [0, 0.1) is 17.7 Å². The largest absolute Gasteiger partial charge is 0.349 e. The van der Waals surface area contributed by atoms with Crippen LogP contribution in [-0.2, 0) is 4.79 Å². The van der Waals surface area contributed by atoms with Crippen molar-refractivity contribution >= 4 is 17.5 Å². The normalized spacial score (nSPS) is 23.2. The Hall–Kier alpha value is -1.13. The first kappa shape index (κ1) is 17.2. The van der Waals surface area contributed by atoms with Crippen molar-refractivity contribution in [1.29, 1.82) is 0 Å². The molecule has 1 aliphatic carbocycles. The zero-order valence-corrected chi connectivity index (χ0v) is 14.1. The maximum absolute atomic E-state index is 13.9. The molecule has 3 unspecified atom stereocenters. The van der Waals surface area contributed by atoms with Gasteiger partial charge < -0.3 is 11.1 Å². The molecule has 0 spiro atoms. The van der Waals surface area contributed by atoms with E-state index in [0.717, 1.165) is 6.42 Å². The van der Waals surface area contributed by atoms with Crippen LogP contribution in [0.15, 0.2) is 18.2 Å². The van der Waals surface area contributed by atoms with E-state index in [9.17, 15) is 9.18 Å². The van der Waals surface area contributed by atoms with Gasteiger partial charge >= 0.3 is 0 Å². The molecule has 3 N–H and O–H groups in total. The maximum Gasteiger partial charge on any atom is 0.224 e. The molecule has 0 bridgehead atoms. The second kappa shape index (κ2) is 6.55. The van der Waals surface area contributed by atoms with E-state index in [2.05, 4.69) is 19.2 Å². The highest BCUT2D eigenvalue weighted by Gasteiger charge is 2.47. The Balaban J connectivity index is 2.04. The number of halogens is 2. The molecular formula is C17H24ClFN2O. The lowest BCUT2D eigenvalue weighted by Gasteiger charge is -2.31. The molecule has 1 aromatic carbocycles. The third-order valence-electron chi connectivity index (χ3n) is 4.23. The molecule has 1 fully saturated rings. The van der Waals surface area contributed by atoms with Gasteiger partial charge in [-0.05, 0) is 37.8 Å². The van der Waals surface area contributed by atoms with Crippen LogP contribution in [0.5, 0.6) is 0 Å². The van der Waals surface area contributed by atoms with E-state index in [1.54, 1.807) is 12.1 Å². The van der Waals surface area contributed by atoms with E-state index < -0.39 is 5.54 Å². The van der Waals surface area contributed by atoms with Gasteiger partial charge in [-0.1, -0.05) is 31.5 Å². The fraction of sp³-hybridized carbons (Fsp3) is 0.588. The molecule has 2 rings (SSSR count). The van der Waals surface area contributed by atoms with Gasteiger partial charge in [0, 0.05) is 34.5 Å². The highest BCUT2D eigenvalue weighted by molar-refractivity contribution is 6.31. The summed E-state index contributed by atoms with van der Waals surface area (Å²) in [7, 11) is 0. The molecule has 3 nitrogen and oxygen atoms in total. The minimum absolute atomic E-state index is 0.0575. The third-order valence-corrected chi connectivity index (χ3v) is 4.56. The summed E-state index contributed by atoms with van der Waals surface area (Å²) in [6.45, 7) is 6.53. The number of nitrogens with one attached hydrogen (secondary N) is 1. The predicted octanol–water partition coefficient (Wildman–Crippen LogP) is 3.46. The van der Waals surface area contributed by atoms with Crippen molar-refractivity contribution in [3.8, 4) is 0 Å². The van der Waals surface area contributed by atoms with Gasteiger partial charge in [0.2, 0.25) is 5.91 Å². The summed E-state index contributed by atoms with van der Waals surface area (Å²) in [6, 6.07) is 4.63. The summed E-state index contributed by atoms with van der Waals surface area (Å²) in [4.78, 5) is 12.4. The molecule has 122 valence electrons. The van der Waals surface area contributed by atoms with Gasteiger partial charge in [0.15, 0.2) is 0 Å². The predicted molar refractivity (Wildman–Crippen MR) is 87.3 cm³/mol. The van der Waals surface area contributed by atoms with Crippen molar-refractivity contribution in [3.63, 3.8) is 0 Å². The van der Waals surface area contributed by atoms with Crippen LogP contribution in [0.25, 0.3) is 0 Å². The number of benzene rings is 1. The molecular weight excluding hydrogens is 303 g/mol. The average Bonchev–Trinajstić information content (AvgIpc) is 3.18. The fourth-order valence-corrected chi connectivity index (χ4v) is 3.45. The molecule has 3 atom stereocenters. The van der Waals surface area contributed by atoms with E-state index in [4.69, 9.17) is 17.3 Å². The first-order chi connectivity index (χ1) is 10.3. The molecule has 22 heavy (non-hydrogen) atoms. The summed E-state index contributed by atoms with van der Waals surface area (Å²) in [6.07, 6.45) is 1.45. The van der Waals surface area contributed by atoms with Crippen molar-refractivity contribution in [2.45, 2.75) is 45.1 Å². The number of carbonyl (C=O) groups is 1. The van der Waals surface area contributed by atoms with Crippen LogP contribution in [0.1, 0.15) is 45.1 Å². The number of hydrogen-bond acceptors (Lipinski definition) is 2. The number of nitrogens with two attached hydrogens (primary N) is 1. The number of carbonyl (C=O) groups excluding carboxylic acids is 1. The monoisotopic (exact) mass is 326 g/mol. The fourth-order valence-electron chi connectivity index (χ4n) is 3.15. The molecule has 1 saturated carbocycles. The van der Waals surface area contributed by atoms with Gasteiger partial charge in [-0.15, -0.1) is 0 Å². The summed E-state index contributed by atoms with van der Waals surface area (Å²) in [5, 5.41) is 3.44. The Morgan fingerprint density at radius 2 is 2.23 bits per heavy atom. The van der Waals surface area contributed by atoms with Crippen LogP contribution < -0.4 is 11.1 Å². The Morgan fingerprint density at radius 3 is 2.77 bits per heavy atom. The van der Waals surface area contributed by atoms with Gasteiger partial charge in [0.25, 0.3) is 0 Å². The quantitative estimate of drug-likeness (QED) is 0.841. The lowest BCUT2D eigenvalue weighted by Crippen LogP contribution is -2.52. The van der Waals surface area contributed by atoms with E-state index in [0.29, 0.717) is 29.5 Å². The molecule has 0 heterocycles. The Morgan fingerprint density at radius 1 is 1.55 bits per heavy atom. The highest BCUT2D eigenvalue weighted by Crippen LogP contribution is 2.50. The first-order valence-corrected chi connectivity index (χ1v) is 8.11. The molecule has 0 saturated heterocycles. The van der Waals surface area contributed by atoms with Gasteiger partial charge in [-0.25, -0.2) is 4.39 Å². The smallest absolute Gasteiger partial charge is 0.224 e. The van der Waals surface area contributed by atoms with Crippen LogP contribution in [-0.4, -0.2) is 18.0 Å². The number of amides is 1. The second-order valence-electron chi connectivity index (χ2n) is 6.94. The zero-order valence-electron chi connectivity index (χ0n) is 13.3. The van der Waals surface area contributed by atoms with Crippen LogP contribution in [0.3, 0.4) is 0 Å². The molecule has 0 aromatic heterocycles. The van der Waals surface area contributed by atoms with Gasteiger partial charge in [-0.3, -0.25) is 4.79 Å². The second-order valence-corrected chi connectivity index (χ2v) is 7.34. The van der Waals surface area contributed by atoms with E-state index in [1.807, 2.05) is 6.92 Å². The summed E-state index contributed by atoms with van der Waals surface area (Å²) in [5.41, 5.74) is 5.86. The highest BCUT2D eigenvalue weighted by atomic mass is 35.5. The number of rotatable bonds is 6. The Labute approximate surface area is 136 Å². The Bertz CT molecular complexity index is 543. The first-order valence-electron chi connectivity index (χ1n) is 7.73.